The number of aromatic nitrogens is 4. The zero-order chi connectivity index (χ0) is 36.4. The fraction of sp³-hybridized carbons (Fsp3) is 0.118. The molecule has 2 N–H and O–H groups in total. The van der Waals surface area contributed by atoms with Crippen LogP contribution in [0, 0.1) is 0 Å². The van der Waals surface area contributed by atoms with Gasteiger partial charge in [-0.05, 0) is 41.5 Å². The molecule has 2 heterocycles. The first-order valence-corrected chi connectivity index (χ1v) is 15.0. The number of Topliss-reactive ketones (excluding diaryl/α,β-unsaturated/α-hetero) is 2. The van der Waals surface area contributed by atoms with Crippen LogP contribution in [0.5, 0.6) is 0 Å². The highest BCUT2D eigenvalue weighted by Gasteiger charge is 2.31. The third-order valence-corrected chi connectivity index (χ3v) is 7.94. The third kappa shape index (κ3) is 8.26. The summed E-state index contributed by atoms with van der Waals surface area (Å²) < 4.78 is 76.5. The number of carbonyl (C=O) groups is 2. The van der Waals surface area contributed by atoms with Crippen molar-refractivity contribution in [3.8, 4) is 0 Å². The number of nitrogens with zero attached hydrogens (tertiary/aromatic N) is 2. The lowest BCUT2D eigenvalue weighted by Gasteiger charge is -2.09. The van der Waals surface area contributed by atoms with Crippen LogP contribution in [-0.4, -0.2) is 32.0 Å². The average molecular weight is 733 g/mol. The summed E-state index contributed by atoms with van der Waals surface area (Å²) in [7, 11) is 0. The molecule has 0 radical (unpaired) electrons. The van der Waals surface area contributed by atoms with Crippen LogP contribution < -0.4 is 11.1 Å². The van der Waals surface area contributed by atoms with Gasteiger partial charge >= 0.3 is 12.4 Å². The Balaban J connectivity index is 0.000000194. The SMILES string of the molecule is O=C(Cc1cccc(C(F)(F)F)c1)c1ccc2c(=O)[nH]nc(Cl)c2c1.O=C(Cc1cccc(C(F)(F)F)c1)c1ccc2c(Cl)n[nH]c(=O)c2c1. The van der Waals surface area contributed by atoms with Crippen LogP contribution in [0.15, 0.2) is 94.5 Å². The van der Waals surface area contributed by atoms with Gasteiger partial charge < -0.3 is 0 Å². The molecule has 0 spiro atoms. The summed E-state index contributed by atoms with van der Waals surface area (Å²) in [5.41, 5.74) is -1.65. The summed E-state index contributed by atoms with van der Waals surface area (Å²) in [4.78, 5) is 48.2. The van der Waals surface area contributed by atoms with Crippen molar-refractivity contribution in [2.24, 2.45) is 0 Å². The third-order valence-electron chi connectivity index (χ3n) is 7.37. The van der Waals surface area contributed by atoms with Crippen molar-refractivity contribution >= 4 is 56.3 Å². The molecule has 16 heteroatoms. The number of H-pyrrole nitrogens is 2. The molecule has 0 saturated heterocycles. The minimum atomic E-state index is -4.47. The van der Waals surface area contributed by atoms with Crippen molar-refractivity contribution < 1.29 is 35.9 Å². The van der Waals surface area contributed by atoms with Crippen LogP contribution in [0.4, 0.5) is 26.3 Å². The van der Waals surface area contributed by atoms with E-state index in [2.05, 4.69) is 20.4 Å². The standard InChI is InChI=1S/2C17H10ClF3N2O2/c18-15-13-8-10(4-5-12(13)16(25)23-22-15)14(24)7-9-2-1-3-11(6-9)17(19,20)21;18-15-12-5-4-10(8-13(12)16(25)23-22-15)14(24)7-9-2-1-3-11(6-9)17(19,20)21/h2*1-6,8H,7H2,(H,23,25). The van der Waals surface area contributed by atoms with Crippen LogP contribution in [0.25, 0.3) is 21.5 Å². The van der Waals surface area contributed by atoms with Gasteiger partial charge in [0.25, 0.3) is 11.1 Å². The van der Waals surface area contributed by atoms with E-state index in [-0.39, 0.29) is 56.2 Å². The number of rotatable bonds is 6. The first-order chi connectivity index (χ1) is 23.5. The van der Waals surface area contributed by atoms with E-state index < -0.39 is 46.2 Å². The molecule has 0 aliphatic carbocycles. The predicted octanol–water partition coefficient (Wildman–Crippen LogP) is 8.04. The first kappa shape index (κ1) is 36.0. The van der Waals surface area contributed by atoms with E-state index in [9.17, 15) is 45.5 Å². The molecule has 6 aromatic rings. The molecule has 256 valence electrons. The Morgan fingerprint density at radius 2 is 0.980 bits per heavy atom. The summed E-state index contributed by atoms with van der Waals surface area (Å²) in [6.45, 7) is 0. The van der Waals surface area contributed by atoms with Crippen LogP contribution >= 0.6 is 23.2 Å². The van der Waals surface area contributed by atoms with Crippen molar-refractivity contribution in [3.63, 3.8) is 0 Å². The molecule has 0 aliphatic rings. The molecule has 0 unspecified atom stereocenters. The highest BCUT2D eigenvalue weighted by atomic mass is 35.5. The van der Waals surface area contributed by atoms with Crippen LogP contribution in [-0.2, 0) is 25.2 Å². The van der Waals surface area contributed by atoms with Crippen LogP contribution in [0.2, 0.25) is 10.3 Å². The molecule has 0 saturated carbocycles. The Labute approximate surface area is 286 Å². The quantitative estimate of drug-likeness (QED) is 0.132. The van der Waals surface area contributed by atoms with Gasteiger partial charge in [-0.2, -0.15) is 36.5 Å². The molecule has 0 fully saturated rings. The molecule has 0 atom stereocenters. The van der Waals surface area contributed by atoms with Crippen LogP contribution in [0.1, 0.15) is 43.0 Å². The minimum Gasteiger partial charge on any atom is -0.294 e. The first-order valence-electron chi connectivity index (χ1n) is 14.3. The number of carbonyl (C=O) groups excluding carboxylic acids is 2. The normalized spacial score (nSPS) is 11.7. The Bertz CT molecular complexity index is 2390. The Morgan fingerprint density at radius 3 is 1.46 bits per heavy atom. The van der Waals surface area contributed by atoms with Crippen molar-refractivity contribution in [2.45, 2.75) is 25.2 Å². The molecule has 50 heavy (non-hydrogen) atoms. The van der Waals surface area contributed by atoms with Crippen molar-refractivity contribution in [1.82, 2.24) is 20.4 Å². The lowest BCUT2D eigenvalue weighted by atomic mass is 9.99. The van der Waals surface area contributed by atoms with E-state index in [4.69, 9.17) is 23.2 Å². The average Bonchev–Trinajstić information content (AvgIpc) is 3.07. The number of halogens is 8. The molecular formula is C34H20Cl2F6N4O4. The number of ketones is 2. The molecule has 6 rings (SSSR count). The smallest absolute Gasteiger partial charge is 0.294 e. The maximum atomic E-state index is 12.7. The maximum absolute atomic E-state index is 12.7. The monoisotopic (exact) mass is 732 g/mol. The van der Waals surface area contributed by atoms with Gasteiger partial charge in [0.2, 0.25) is 0 Å². The number of alkyl halides is 6. The maximum Gasteiger partial charge on any atom is 0.416 e. The zero-order valence-electron chi connectivity index (χ0n) is 25.0. The molecule has 8 nitrogen and oxygen atoms in total. The van der Waals surface area contributed by atoms with E-state index in [1.807, 2.05) is 0 Å². The number of hydrogen-bond acceptors (Lipinski definition) is 6. The number of benzene rings is 4. The van der Waals surface area contributed by atoms with E-state index >= 15 is 0 Å². The Kier molecular flexibility index (Phi) is 10.2. The van der Waals surface area contributed by atoms with E-state index in [0.717, 1.165) is 24.3 Å². The Morgan fingerprint density at radius 1 is 0.560 bits per heavy atom. The van der Waals surface area contributed by atoms with Gasteiger partial charge in [-0.15, -0.1) is 0 Å². The number of fused-ring (bicyclic) bond motifs is 2. The van der Waals surface area contributed by atoms with Gasteiger partial charge in [0, 0.05) is 34.7 Å². The zero-order valence-corrected chi connectivity index (χ0v) is 26.6. The van der Waals surface area contributed by atoms with Gasteiger partial charge in [-0.25, -0.2) is 10.2 Å². The van der Waals surface area contributed by atoms with Crippen LogP contribution in [0.3, 0.4) is 0 Å². The number of aromatic amines is 2. The molecule has 0 aliphatic heterocycles. The summed E-state index contributed by atoms with van der Waals surface area (Å²) in [6, 6.07) is 17.8. The topological polar surface area (TPSA) is 126 Å². The minimum absolute atomic E-state index is 0.0309. The summed E-state index contributed by atoms with van der Waals surface area (Å²) >= 11 is 11.8. The lowest BCUT2D eigenvalue weighted by molar-refractivity contribution is -0.138. The van der Waals surface area contributed by atoms with E-state index in [0.29, 0.717) is 10.8 Å². The highest BCUT2D eigenvalue weighted by Crippen LogP contribution is 2.31. The lowest BCUT2D eigenvalue weighted by Crippen LogP contribution is -2.11. The van der Waals surface area contributed by atoms with E-state index in [1.165, 1.54) is 60.7 Å². The number of hydrogen-bond donors (Lipinski definition) is 2. The van der Waals surface area contributed by atoms with Crippen molar-refractivity contribution in [2.75, 3.05) is 0 Å². The summed E-state index contributed by atoms with van der Waals surface area (Å²) in [5.74, 6) is -0.800. The molecule has 4 aromatic carbocycles. The van der Waals surface area contributed by atoms with Gasteiger partial charge in [-0.3, -0.25) is 19.2 Å². The predicted molar refractivity (Wildman–Crippen MR) is 174 cm³/mol. The van der Waals surface area contributed by atoms with Crippen molar-refractivity contribution in [3.05, 3.63) is 149 Å². The van der Waals surface area contributed by atoms with Gasteiger partial charge in [0.05, 0.1) is 21.9 Å². The fourth-order valence-electron chi connectivity index (χ4n) is 4.90. The molecule has 0 bridgehead atoms. The van der Waals surface area contributed by atoms with Gasteiger partial charge in [-0.1, -0.05) is 77.8 Å². The summed E-state index contributed by atoms with van der Waals surface area (Å²) in [6.07, 6.45) is -9.36. The molecular weight excluding hydrogens is 713 g/mol. The van der Waals surface area contributed by atoms with Gasteiger partial charge in [0.1, 0.15) is 0 Å². The fourth-order valence-corrected chi connectivity index (χ4v) is 5.31. The second-order valence-corrected chi connectivity index (χ2v) is 11.5. The largest absolute Gasteiger partial charge is 0.416 e. The molecule has 2 aromatic heterocycles. The second-order valence-electron chi connectivity index (χ2n) is 10.8. The highest BCUT2D eigenvalue weighted by molar-refractivity contribution is 6.34. The molecule has 0 amide bonds. The Hall–Kier alpha value is -5.34. The number of nitrogens with one attached hydrogen (secondary N) is 2. The van der Waals surface area contributed by atoms with Crippen molar-refractivity contribution in [1.29, 1.82) is 0 Å². The summed E-state index contributed by atoms with van der Waals surface area (Å²) in [5, 5.41) is 13.0. The van der Waals surface area contributed by atoms with E-state index in [1.54, 1.807) is 0 Å². The second kappa shape index (κ2) is 14.3. The van der Waals surface area contributed by atoms with Gasteiger partial charge in [0.15, 0.2) is 21.9 Å².